The number of ether oxygens (including phenoxy) is 2. The largest absolute Gasteiger partial charge is 0.459 e. The number of esters is 2. The van der Waals surface area contributed by atoms with E-state index in [9.17, 15) is 9.59 Å². The van der Waals surface area contributed by atoms with E-state index in [1.165, 1.54) is 19.3 Å². The van der Waals surface area contributed by atoms with Gasteiger partial charge < -0.3 is 20.2 Å². The highest BCUT2D eigenvalue weighted by Gasteiger charge is 2.49. The quantitative estimate of drug-likeness (QED) is 0.0625. The number of hydrogen-bond donors (Lipinski definition) is 5. The third-order valence-corrected chi connectivity index (χ3v) is 10.6. The highest BCUT2D eigenvalue weighted by Crippen LogP contribution is 2.45. The second-order valence-corrected chi connectivity index (χ2v) is 21.5. The lowest BCUT2D eigenvalue weighted by Crippen LogP contribution is -2.58. The first-order valence-corrected chi connectivity index (χ1v) is 18.4. The second kappa shape index (κ2) is 14.1. The summed E-state index contributed by atoms with van der Waals surface area (Å²) in [6.45, 7) is 24.6. The summed E-state index contributed by atoms with van der Waals surface area (Å²) in [6, 6.07) is 0.691. The molecule has 0 aromatic rings. The maximum absolute atomic E-state index is 12.6. The average molecular weight is 779 g/mol. The third-order valence-electron chi connectivity index (χ3n) is 9.91. The van der Waals surface area contributed by atoms with E-state index in [0.717, 1.165) is 24.6 Å². The molecule has 0 aromatic carbocycles. The van der Waals surface area contributed by atoms with Crippen LogP contribution in [0.15, 0.2) is 11.9 Å². The molecule has 0 aromatic heterocycles. The van der Waals surface area contributed by atoms with E-state index in [1.807, 2.05) is 47.7 Å². The first-order valence-electron chi connectivity index (χ1n) is 16.8. The number of nitrogens with two attached hydrogens (primary N) is 1. The highest BCUT2D eigenvalue weighted by molar-refractivity contribution is 9.10. The van der Waals surface area contributed by atoms with E-state index in [2.05, 4.69) is 86.3 Å². The molecule has 0 amide bonds. The Labute approximate surface area is 295 Å². The van der Waals surface area contributed by atoms with Crippen molar-refractivity contribution in [1.29, 1.82) is 0 Å². The van der Waals surface area contributed by atoms with Crippen molar-refractivity contribution in [1.82, 2.24) is 26.7 Å². The van der Waals surface area contributed by atoms with Crippen molar-refractivity contribution < 1.29 is 19.1 Å². The van der Waals surface area contributed by atoms with Crippen molar-refractivity contribution >= 4 is 43.8 Å². The minimum Gasteiger partial charge on any atom is -0.459 e. The van der Waals surface area contributed by atoms with E-state index in [0.29, 0.717) is 24.8 Å². The van der Waals surface area contributed by atoms with Gasteiger partial charge >= 0.3 is 11.9 Å². The molecule has 12 heteroatoms. The van der Waals surface area contributed by atoms with Gasteiger partial charge in [-0.2, -0.15) is 5.53 Å². The van der Waals surface area contributed by atoms with Gasteiger partial charge in [-0.05, 0) is 105 Å². The molecule has 3 rings (SSSR count). The summed E-state index contributed by atoms with van der Waals surface area (Å²) in [5.41, 5.74) is 9.09. The lowest BCUT2D eigenvalue weighted by molar-refractivity contribution is -0.162. The van der Waals surface area contributed by atoms with E-state index < -0.39 is 25.3 Å². The van der Waals surface area contributed by atoms with Crippen LogP contribution < -0.4 is 27.5 Å². The molecule has 5 unspecified atom stereocenters. The van der Waals surface area contributed by atoms with Gasteiger partial charge in [0.1, 0.15) is 19.9 Å². The van der Waals surface area contributed by atoms with Gasteiger partial charge in [-0.1, -0.05) is 66.0 Å². The molecule has 1 heterocycles. The Morgan fingerprint density at radius 2 is 1.41 bits per heavy atom. The van der Waals surface area contributed by atoms with Crippen molar-refractivity contribution in [2.45, 2.75) is 160 Å². The maximum Gasteiger partial charge on any atom is 0.322 e. The number of nitrogens with zero attached hydrogens (tertiary/aromatic N) is 1. The van der Waals surface area contributed by atoms with Crippen LogP contribution in [0.4, 0.5) is 0 Å². The molecule has 46 heavy (non-hydrogen) atoms. The Balaban J connectivity index is 1.72. The van der Waals surface area contributed by atoms with Crippen LogP contribution in [0.5, 0.6) is 0 Å². The van der Waals surface area contributed by atoms with Crippen LogP contribution in [-0.4, -0.2) is 61.5 Å². The van der Waals surface area contributed by atoms with Crippen LogP contribution >= 0.6 is 31.9 Å². The number of rotatable bonds is 14. The fourth-order valence-corrected chi connectivity index (χ4v) is 8.17. The minimum atomic E-state index is -0.754. The third kappa shape index (κ3) is 10.3. The lowest BCUT2D eigenvalue weighted by atomic mass is 9.75. The zero-order valence-corrected chi connectivity index (χ0v) is 33.5. The molecule has 0 radical (unpaired) electrons. The van der Waals surface area contributed by atoms with Gasteiger partial charge in [0, 0.05) is 42.0 Å². The molecule has 0 spiro atoms. The van der Waals surface area contributed by atoms with Crippen LogP contribution in [0.25, 0.3) is 0 Å². The summed E-state index contributed by atoms with van der Waals surface area (Å²) >= 11 is 6.85. The fraction of sp³-hybridized carbons (Fsp3) is 0.882. The van der Waals surface area contributed by atoms with E-state index in [4.69, 9.17) is 15.3 Å². The van der Waals surface area contributed by atoms with Crippen molar-refractivity contribution in [3.05, 3.63) is 11.9 Å². The second-order valence-electron chi connectivity index (χ2n) is 17.6. The molecular weight excluding hydrogens is 716 g/mol. The number of halogens is 2. The Bertz CT molecular complexity index is 1130. The smallest absolute Gasteiger partial charge is 0.322 e. The number of hydrogen-bond acceptors (Lipinski definition) is 10. The van der Waals surface area contributed by atoms with Gasteiger partial charge in [-0.3, -0.25) is 15.4 Å². The zero-order valence-electron chi connectivity index (χ0n) is 30.3. The summed E-state index contributed by atoms with van der Waals surface area (Å²) in [5, 5.41) is 6.19. The van der Waals surface area contributed by atoms with Crippen molar-refractivity contribution in [2.75, 3.05) is 6.54 Å². The van der Waals surface area contributed by atoms with Gasteiger partial charge in [0.25, 0.3) is 0 Å². The van der Waals surface area contributed by atoms with Crippen molar-refractivity contribution in [3.63, 3.8) is 0 Å². The normalized spacial score (nSPS) is 27.0. The topological polar surface area (TPSA) is 130 Å². The van der Waals surface area contributed by atoms with Crippen LogP contribution in [-0.2, 0) is 19.1 Å². The van der Waals surface area contributed by atoms with E-state index in [-0.39, 0.29) is 29.4 Å². The Morgan fingerprint density at radius 3 is 1.93 bits per heavy atom. The van der Waals surface area contributed by atoms with Gasteiger partial charge in [-0.25, -0.2) is 10.4 Å². The van der Waals surface area contributed by atoms with Gasteiger partial charge in [0.2, 0.25) is 0 Å². The minimum absolute atomic E-state index is 0.154. The lowest BCUT2D eigenvalue weighted by Gasteiger charge is -2.43. The van der Waals surface area contributed by atoms with Gasteiger partial charge in [-0.15, -0.1) is 0 Å². The number of carbonyl (C=O) groups is 2. The predicted octanol–water partition coefficient (Wildman–Crippen LogP) is 5.95. The number of alkyl halides is 2. The average Bonchev–Trinajstić information content (AvgIpc) is 3.49. The number of hydrazine groups is 3. The molecular formula is C34H62Br2N6O4. The molecule has 2 saturated carbocycles. The van der Waals surface area contributed by atoms with Crippen LogP contribution in [0.3, 0.4) is 0 Å². The number of nitrogens with one attached hydrogen (secondary N) is 4. The predicted molar refractivity (Wildman–Crippen MR) is 191 cm³/mol. The number of carbonyl (C=O) groups excluding carboxylic acids is 2. The van der Waals surface area contributed by atoms with Crippen LogP contribution in [0, 0.1) is 22.7 Å². The zero-order chi connectivity index (χ0) is 35.1. The molecule has 1 aliphatic heterocycles. The molecule has 5 atom stereocenters. The molecule has 6 N–H and O–H groups in total. The van der Waals surface area contributed by atoms with E-state index in [1.54, 1.807) is 13.8 Å². The van der Waals surface area contributed by atoms with Gasteiger partial charge in [0.05, 0.1) is 0 Å². The standard InChI is InChI=1S/C34H62Br2N6O4/c1-29(2,19-31(5,6)45-27(43)33(9,10)35)24(39-37)17-38-23-16-21-13-14-22(15-21)26(23)42-18-25(40-41-42)30(3,4)20-32(7,8)46-28(44)34(11,12)36/h17,21-23,25-26,38-41H,13-16,18-20,37H2,1-12H3. The molecule has 10 nitrogen and oxygen atoms in total. The Hall–Kier alpha value is -0.920. The van der Waals surface area contributed by atoms with E-state index >= 15 is 0 Å². The molecule has 3 aliphatic rings. The number of fused-ring (bicyclic) bond motifs is 2. The Kier molecular flexibility index (Phi) is 12.1. The number of allylic oxidation sites excluding steroid dienone is 1. The summed E-state index contributed by atoms with van der Waals surface area (Å²) in [7, 11) is 0. The SMILES string of the molecule is CC(C)(CC(C)(C)C(=CNC1CC2CCC(C2)C1N1CC(C(C)(C)CC(C)(C)OC(=O)C(C)(C)Br)NN1)NN)OC(=O)C(C)(C)Br. The van der Waals surface area contributed by atoms with Gasteiger partial charge in [0.15, 0.2) is 0 Å². The fourth-order valence-electron chi connectivity index (χ4n) is 8.01. The monoisotopic (exact) mass is 776 g/mol. The molecule has 2 aliphatic carbocycles. The van der Waals surface area contributed by atoms with Crippen LogP contribution in [0.1, 0.15) is 122 Å². The summed E-state index contributed by atoms with van der Waals surface area (Å²) in [6.07, 6.45) is 8.17. The molecule has 3 fully saturated rings. The van der Waals surface area contributed by atoms with Crippen LogP contribution in [0.2, 0.25) is 0 Å². The molecule has 2 bridgehead atoms. The molecule has 266 valence electrons. The first-order chi connectivity index (χ1) is 20.8. The highest BCUT2D eigenvalue weighted by atomic mass is 79.9. The Morgan fingerprint density at radius 1 is 0.870 bits per heavy atom. The summed E-state index contributed by atoms with van der Waals surface area (Å²) in [5.74, 6) is 6.88. The van der Waals surface area contributed by atoms with Crippen molar-refractivity contribution in [3.8, 4) is 0 Å². The first kappa shape index (κ1) is 39.5. The molecule has 1 saturated heterocycles. The summed E-state index contributed by atoms with van der Waals surface area (Å²) in [4.78, 5) is 25.3. The maximum atomic E-state index is 12.6. The summed E-state index contributed by atoms with van der Waals surface area (Å²) < 4.78 is 10.4. The van der Waals surface area contributed by atoms with Crippen molar-refractivity contribution in [2.24, 2.45) is 28.5 Å².